The second-order valence-corrected chi connectivity index (χ2v) is 8.53. The van der Waals surface area contributed by atoms with E-state index in [-0.39, 0.29) is 49.8 Å². The number of carbonyl (C=O) groups excluding carboxylic acids is 1. The van der Waals surface area contributed by atoms with Gasteiger partial charge < -0.3 is 24.6 Å². The first-order valence-electron chi connectivity index (χ1n) is 10.8. The maximum Gasteiger partial charge on any atom is 0.286 e. The number of aliphatic hydroxyl groups is 1. The second-order valence-electron chi connectivity index (χ2n) is 7.62. The molecule has 6 nitrogen and oxygen atoms in total. The van der Waals surface area contributed by atoms with Gasteiger partial charge in [-0.1, -0.05) is 30.3 Å². The van der Waals surface area contributed by atoms with Crippen molar-refractivity contribution in [1.29, 1.82) is 0 Å². The number of ether oxygens (including phenoxy) is 3. The molecule has 2 atom stereocenters. The topological polar surface area (TPSA) is 77.0 Å². The van der Waals surface area contributed by atoms with Crippen LogP contribution in [0.4, 0.5) is 4.39 Å². The summed E-state index contributed by atoms with van der Waals surface area (Å²) in [5.41, 5.74) is 1.92. The zero-order valence-corrected chi connectivity index (χ0v) is 18.9. The van der Waals surface area contributed by atoms with Crippen molar-refractivity contribution in [2.45, 2.75) is 25.2 Å². The van der Waals surface area contributed by atoms with Gasteiger partial charge in [-0.05, 0) is 46.2 Å². The quantitative estimate of drug-likeness (QED) is 0.436. The van der Waals surface area contributed by atoms with Gasteiger partial charge in [0.25, 0.3) is 5.91 Å². The van der Waals surface area contributed by atoms with Gasteiger partial charge in [0.1, 0.15) is 5.82 Å². The van der Waals surface area contributed by atoms with Crippen LogP contribution in [0, 0.1) is 5.82 Å². The fraction of sp³-hybridized carbons (Fsp3) is 0.320. The first kappa shape index (κ1) is 23.4. The van der Waals surface area contributed by atoms with Gasteiger partial charge >= 0.3 is 0 Å². The van der Waals surface area contributed by atoms with Gasteiger partial charge in [-0.15, -0.1) is 11.3 Å². The van der Waals surface area contributed by atoms with Gasteiger partial charge in [-0.2, -0.15) is 0 Å². The fourth-order valence-electron chi connectivity index (χ4n) is 3.70. The highest BCUT2D eigenvalue weighted by Gasteiger charge is 2.30. The number of benzene rings is 2. The molecule has 0 bridgehead atoms. The lowest BCUT2D eigenvalue weighted by Crippen LogP contribution is -2.33. The normalized spacial score (nSPS) is 18.1. The zero-order valence-electron chi connectivity index (χ0n) is 18.0. The molecule has 0 saturated carbocycles. The molecule has 2 N–H and O–H groups in total. The van der Waals surface area contributed by atoms with Crippen molar-refractivity contribution in [3.63, 3.8) is 0 Å². The van der Waals surface area contributed by atoms with Crippen LogP contribution < -0.4 is 5.32 Å². The lowest BCUT2D eigenvalue weighted by molar-refractivity contribution is -0.151. The van der Waals surface area contributed by atoms with E-state index in [0.29, 0.717) is 13.0 Å². The minimum Gasteiger partial charge on any atom is -0.459 e. The van der Waals surface area contributed by atoms with Crippen molar-refractivity contribution in [2.75, 3.05) is 26.4 Å². The molecular weight excluding hydrogens is 445 g/mol. The van der Waals surface area contributed by atoms with Crippen LogP contribution in [0.3, 0.4) is 0 Å². The summed E-state index contributed by atoms with van der Waals surface area (Å²) >= 11 is 1.67. The number of rotatable bonds is 10. The summed E-state index contributed by atoms with van der Waals surface area (Å²) in [7, 11) is 0. The van der Waals surface area contributed by atoms with Crippen LogP contribution in [-0.4, -0.2) is 43.7 Å². The number of hydrogen-bond acceptors (Lipinski definition) is 6. The monoisotopic (exact) mass is 471 g/mol. The summed E-state index contributed by atoms with van der Waals surface area (Å²) in [4.78, 5) is 12.9. The lowest BCUT2D eigenvalue weighted by Gasteiger charge is -2.29. The van der Waals surface area contributed by atoms with Gasteiger partial charge in [0.05, 0.1) is 26.4 Å². The number of aliphatic hydroxyl groups excluding tert-OH is 1. The predicted octanol–water partition coefficient (Wildman–Crippen LogP) is 4.10. The molecule has 2 heterocycles. The molecule has 0 unspecified atom stereocenters. The van der Waals surface area contributed by atoms with Gasteiger partial charge in [-0.3, -0.25) is 4.79 Å². The van der Waals surface area contributed by atoms with Gasteiger partial charge in [0, 0.05) is 23.6 Å². The van der Waals surface area contributed by atoms with Crippen LogP contribution in [0.2, 0.25) is 0 Å². The molecule has 0 spiro atoms. The van der Waals surface area contributed by atoms with Crippen molar-refractivity contribution < 1.29 is 28.5 Å². The lowest BCUT2D eigenvalue weighted by atomic mass is 9.92. The maximum atomic E-state index is 13.1. The number of amides is 1. The molecule has 0 saturated heterocycles. The molecule has 1 aliphatic heterocycles. The van der Waals surface area contributed by atoms with Gasteiger partial charge in [-0.25, -0.2) is 4.39 Å². The van der Waals surface area contributed by atoms with E-state index >= 15 is 0 Å². The largest absolute Gasteiger partial charge is 0.459 e. The van der Waals surface area contributed by atoms with Crippen molar-refractivity contribution in [3.05, 3.63) is 82.7 Å². The Morgan fingerprint density at radius 1 is 1.15 bits per heavy atom. The third kappa shape index (κ3) is 6.17. The summed E-state index contributed by atoms with van der Waals surface area (Å²) in [5, 5.41) is 14.9. The second kappa shape index (κ2) is 11.4. The molecule has 1 aliphatic rings. The standard InChI is InChI=1S/C25H26FNO5S/c26-19-7-5-17(6-8-19)15-27-25(29)22-13-18(14-24(32-22)31-12-11-30-10-9-28)21-16-33-23-4-2-1-3-20(21)23/h1-8,13,16,18,24,28H,9-12,14-15H2,(H,27,29)/t18-,24+/m1/s1. The molecule has 0 aliphatic carbocycles. The van der Waals surface area contributed by atoms with Crippen LogP contribution in [0.15, 0.2) is 65.7 Å². The average Bonchev–Trinajstić information content (AvgIpc) is 3.27. The highest BCUT2D eigenvalue weighted by atomic mass is 32.1. The third-order valence-corrected chi connectivity index (χ3v) is 6.31. The van der Waals surface area contributed by atoms with E-state index in [1.54, 1.807) is 23.5 Å². The van der Waals surface area contributed by atoms with E-state index in [0.717, 1.165) is 16.5 Å². The Hall–Kier alpha value is -2.78. The number of thiophene rings is 1. The Kier molecular flexibility index (Phi) is 8.06. The molecule has 1 aromatic heterocycles. The van der Waals surface area contributed by atoms with E-state index in [9.17, 15) is 9.18 Å². The Morgan fingerprint density at radius 3 is 2.79 bits per heavy atom. The SMILES string of the molecule is O=C(NCc1ccc(F)cc1)C1=C[C@@H](c2csc3ccccc23)C[C@@H](OCCOCCO)O1. The number of fused-ring (bicyclic) bond motifs is 1. The first-order valence-corrected chi connectivity index (χ1v) is 11.7. The van der Waals surface area contributed by atoms with Gasteiger partial charge in [0.2, 0.25) is 6.29 Å². The molecule has 0 radical (unpaired) electrons. The van der Waals surface area contributed by atoms with Crippen molar-refractivity contribution in [3.8, 4) is 0 Å². The summed E-state index contributed by atoms with van der Waals surface area (Å²) in [6, 6.07) is 14.2. The number of carbonyl (C=O) groups is 1. The number of halogens is 1. The van der Waals surface area contributed by atoms with Crippen LogP contribution in [0.1, 0.15) is 23.5 Å². The van der Waals surface area contributed by atoms with E-state index in [1.165, 1.54) is 16.8 Å². The van der Waals surface area contributed by atoms with Crippen LogP contribution in [0.5, 0.6) is 0 Å². The van der Waals surface area contributed by atoms with Crippen molar-refractivity contribution >= 4 is 27.3 Å². The number of allylic oxidation sites excluding steroid dienone is 1. The molecule has 1 amide bonds. The van der Waals surface area contributed by atoms with Crippen LogP contribution in [0.25, 0.3) is 10.1 Å². The molecule has 174 valence electrons. The van der Waals surface area contributed by atoms with E-state index in [1.807, 2.05) is 18.2 Å². The molecule has 8 heteroatoms. The Morgan fingerprint density at radius 2 is 1.97 bits per heavy atom. The Balaban J connectivity index is 1.48. The average molecular weight is 472 g/mol. The summed E-state index contributed by atoms with van der Waals surface area (Å²) in [5.74, 6) is -0.527. The first-order chi connectivity index (χ1) is 16.1. The summed E-state index contributed by atoms with van der Waals surface area (Å²) < 4.78 is 31.3. The minimum absolute atomic E-state index is 0.0473. The summed E-state index contributed by atoms with van der Waals surface area (Å²) in [6.07, 6.45) is 1.80. The van der Waals surface area contributed by atoms with E-state index in [4.69, 9.17) is 19.3 Å². The predicted molar refractivity (Wildman–Crippen MR) is 124 cm³/mol. The Bertz CT molecular complexity index is 1100. The van der Waals surface area contributed by atoms with Crippen LogP contribution in [-0.2, 0) is 25.5 Å². The maximum absolute atomic E-state index is 13.1. The summed E-state index contributed by atoms with van der Waals surface area (Å²) in [6.45, 7) is 1.06. The molecular formula is C25H26FNO5S. The van der Waals surface area contributed by atoms with E-state index < -0.39 is 6.29 Å². The zero-order chi connectivity index (χ0) is 23.0. The van der Waals surface area contributed by atoms with Gasteiger partial charge in [0.15, 0.2) is 5.76 Å². The third-order valence-electron chi connectivity index (χ3n) is 5.32. The van der Waals surface area contributed by atoms with Crippen molar-refractivity contribution in [1.82, 2.24) is 5.32 Å². The number of nitrogens with one attached hydrogen (secondary N) is 1. The molecule has 4 rings (SSSR count). The molecule has 33 heavy (non-hydrogen) atoms. The fourth-order valence-corrected chi connectivity index (χ4v) is 4.72. The van der Waals surface area contributed by atoms with Crippen LogP contribution >= 0.6 is 11.3 Å². The highest BCUT2D eigenvalue weighted by molar-refractivity contribution is 7.17. The number of hydrogen-bond donors (Lipinski definition) is 2. The van der Waals surface area contributed by atoms with E-state index in [2.05, 4.69) is 22.8 Å². The minimum atomic E-state index is -0.608. The highest BCUT2D eigenvalue weighted by Crippen LogP contribution is 2.38. The smallest absolute Gasteiger partial charge is 0.286 e. The molecule has 3 aromatic rings. The molecule has 2 aromatic carbocycles. The molecule has 0 fully saturated rings. The Labute approximate surface area is 195 Å². The van der Waals surface area contributed by atoms with Crippen molar-refractivity contribution in [2.24, 2.45) is 0 Å².